The first-order valence-electron chi connectivity index (χ1n) is 10.1. The minimum Gasteiger partial charge on any atom is -0.318 e. The van der Waals surface area contributed by atoms with Crippen molar-refractivity contribution in [2.45, 2.75) is 6.92 Å². The third-order valence-electron chi connectivity index (χ3n) is 4.77. The van der Waals surface area contributed by atoms with Crippen molar-refractivity contribution in [2.75, 3.05) is 5.32 Å². The van der Waals surface area contributed by atoms with Crippen molar-refractivity contribution in [3.05, 3.63) is 102 Å². The maximum Gasteiger partial charge on any atom is 0.329 e. The number of aryl methyl sites for hydroxylation is 1. The van der Waals surface area contributed by atoms with Crippen molar-refractivity contribution in [3.8, 4) is 16.9 Å². The Labute approximate surface area is 189 Å². The summed E-state index contributed by atoms with van der Waals surface area (Å²) in [6.45, 7) is 1.92. The third-order valence-corrected chi connectivity index (χ3v) is 4.77. The van der Waals surface area contributed by atoms with Gasteiger partial charge in [0.15, 0.2) is 0 Å². The Morgan fingerprint density at radius 1 is 0.939 bits per heavy atom. The number of anilines is 1. The minimum absolute atomic E-state index is 0.358. The molecule has 4 aromatic rings. The zero-order chi connectivity index (χ0) is 23.2. The molecular formula is C25H20FN5O2. The molecule has 0 saturated heterocycles. The van der Waals surface area contributed by atoms with Crippen molar-refractivity contribution < 1.29 is 14.0 Å². The van der Waals surface area contributed by atoms with Gasteiger partial charge in [-0.2, -0.15) is 10.2 Å². The first-order chi connectivity index (χ1) is 16.0. The number of carbonyl (C=O) groups excluding carboxylic acids is 2. The van der Waals surface area contributed by atoms with Crippen molar-refractivity contribution in [1.29, 1.82) is 0 Å². The van der Waals surface area contributed by atoms with Crippen molar-refractivity contribution >= 4 is 23.7 Å². The maximum atomic E-state index is 13.4. The Balaban J connectivity index is 1.52. The molecule has 3 aromatic carbocycles. The predicted octanol–water partition coefficient (Wildman–Crippen LogP) is 4.08. The number of carbonyl (C=O) groups is 2. The molecule has 0 radical (unpaired) electrons. The Hall–Kier alpha value is -4.59. The van der Waals surface area contributed by atoms with Gasteiger partial charge in [0.2, 0.25) is 0 Å². The molecule has 0 unspecified atom stereocenters. The highest BCUT2D eigenvalue weighted by molar-refractivity contribution is 6.39. The zero-order valence-corrected chi connectivity index (χ0v) is 17.7. The van der Waals surface area contributed by atoms with Gasteiger partial charge in [0.25, 0.3) is 0 Å². The highest BCUT2D eigenvalue weighted by Gasteiger charge is 2.14. The second-order valence-corrected chi connectivity index (χ2v) is 7.24. The molecule has 33 heavy (non-hydrogen) atoms. The van der Waals surface area contributed by atoms with Crippen molar-refractivity contribution in [2.24, 2.45) is 5.10 Å². The van der Waals surface area contributed by atoms with Gasteiger partial charge < -0.3 is 5.32 Å². The zero-order valence-electron chi connectivity index (χ0n) is 17.7. The number of nitrogens with one attached hydrogen (secondary N) is 2. The summed E-state index contributed by atoms with van der Waals surface area (Å²) in [4.78, 5) is 24.2. The third kappa shape index (κ3) is 5.37. The van der Waals surface area contributed by atoms with Gasteiger partial charge in [0.1, 0.15) is 11.5 Å². The summed E-state index contributed by atoms with van der Waals surface area (Å²) in [6, 6.07) is 22.4. The summed E-state index contributed by atoms with van der Waals surface area (Å²) in [5, 5.41) is 11.0. The number of nitrogens with zero attached hydrogens (tertiary/aromatic N) is 3. The van der Waals surface area contributed by atoms with Crippen LogP contribution in [0.5, 0.6) is 0 Å². The van der Waals surface area contributed by atoms with E-state index in [1.165, 1.54) is 18.3 Å². The van der Waals surface area contributed by atoms with Gasteiger partial charge in [0, 0.05) is 23.0 Å². The van der Waals surface area contributed by atoms with Crippen LogP contribution in [0.25, 0.3) is 16.9 Å². The van der Waals surface area contributed by atoms with E-state index in [1.807, 2.05) is 49.4 Å². The molecule has 0 saturated carbocycles. The number of hydrazone groups is 1. The van der Waals surface area contributed by atoms with E-state index in [4.69, 9.17) is 0 Å². The molecule has 2 N–H and O–H groups in total. The highest BCUT2D eigenvalue weighted by Crippen LogP contribution is 2.23. The van der Waals surface area contributed by atoms with Crippen LogP contribution in [0, 0.1) is 12.7 Å². The number of hydrogen-bond donors (Lipinski definition) is 2. The first-order valence-corrected chi connectivity index (χ1v) is 10.1. The van der Waals surface area contributed by atoms with Crippen LogP contribution in [0.4, 0.5) is 10.1 Å². The van der Waals surface area contributed by atoms with Crippen LogP contribution in [0.1, 0.15) is 11.1 Å². The number of hydrogen-bond acceptors (Lipinski definition) is 4. The molecular weight excluding hydrogens is 421 g/mol. The van der Waals surface area contributed by atoms with Gasteiger partial charge in [-0.3, -0.25) is 9.59 Å². The summed E-state index contributed by atoms with van der Waals surface area (Å²) in [7, 11) is 0. The van der Waals surface area contributed by atoms with Crippen LogP contribution in [0.15, 0.2) is 90.2 Å². The molecule has 4 rings (SSSR count). The fraction of sp³-hybridized carbons (Fsp3) is 0.0400. The summed E-state index contributed by atoms with van der Waals surface area (Å²) >= 11 is 0. The molecule has 1 aromatic heterocycles. The van der Waals surface area contributed by atoms with E-state index in [0.717, 1.165) is 11.3 Å². The fourth-order valence-corrected chi connectivity index (χ4v) is 3.06. The molecule has 8 heteroatoms. The van der Waals surface area contributed by atoms with Crippen LogP contribution in [0.3, 0.4) is 0 Å². The Morgan fingerprint density at radius 2 is 1.64 bits per heavy atom. The molecule has 0 bridgehead atoms. The standard InChI is InChI=1S/C25H20FN5O2/c1-17-7-13-21(14-8-17)28-24(32)25(33)29-27-15-19-16-31(22-5-3-2-4-6-22)30-23(19)18-9-11-20(26)12-10-18/h2-16H,1H3,(H,28,32)(H,29,33)/b27-15-. The van der Waals surface area contributed by atoms with Crippen molar-refractivity contribution in [3.63, 3.8) is 0 Å². The minimum atomic E-state index is -0.911. The van der Waals surface area contributed by atoms with E-state index in [2.05, 4.69) is 20.9 Å². The lowest BCUT2D eigenvalue weighted by Gasteiger charge is -2.04. The lowest BCUT2D eigenvalue weighted by Crippen LogP contribution is -2.32. The van der Waals surface area contributed by atoms with Gasteiger partial charge in [-0.25, -0.2) is 14.5 Å². The molecule has 7 nitrogen and oxygen atoms in total. The fourth-order valence-electron chi connectivity index (χ4n) is 3.06. The Kier molecular flexibility index (Phi) is 6.36. The molecule has 0 aliphatic carbocycles. The molecule has 0 atom stereocenters. The van der Waals surface area contributed by atoms with E-state index in [9.17, 15) is 14.0 Å². The first kappa shape index (κ1) is 21.6. The second-order valence-electron chi connectivity index (χ2n) is 7.24. The molecule has 0 aliphatic rings. The van der Waals surface area contributed by atoms with Crippen LogP contribution in [-0.4, -0.2) is 27.8 Å². The Bertz CT molecular complexity index is 1300. The summed E-state index contributed by atoms with van der Waals surface area (Å²) in [5.74, 6) is -2.11. The number of halogens is 1. The van der Waals surface area contributed by atoms with E-state index in [0.29, 0.717) is 22.5 Å². The lowest BCUT2D eigenvalue weighted by atomic mass is 10.1. The number of benzene rings is 3. The van der Waals surface area contributed by atoms with E-state index in [1.54, 1.807) is 35.1 Å². The van der Waals surface area contributed by atoms with E-state index < -0.39 is 11.8 Å². The molecule has 0 fully saturated rings. The van der Waals surface area contributed by atoms with Crippen LogP contribution in [0.2, 0.25) is 0 Å². The smallest absolute Gasteiger partial charge is 0.318 e. The van der Waals surface area contributed by atoms with Gasteiger partial charge in [0.05, 0.1) is 11.9 Å². The van der Waals surface area contributed by atoms with Gasteiger partial charge >= 0.3 is 11.8 Å². The maximum absolute atomic E-state index is 13.4. The predicted molar refractivity (Wildman–Crippen MR) is 125 cm³/mol. The summed E-state index contributed by atoms with van der Waals surface area (Å²) < 4.78 is 15.0. The number of para-hydroxylation sites is 1. The summed E-state index contributed by atoms with van der Waals surface area (Å²) in [6.07, 6.45) is 3.12. The monoisotopic (exact) mass is 441 g/mol. The largest absolute Gasteiger partial charge is 0.329 e. The van der Waals surface area contributed by atoms with Gasteiger partial charge in [-0.05, 0) is 55.5 Å². The lowest BCUT2D eigenvalue weighted by molar-refractivity contribution is -0.136. The van der Waals surface area contributed by atoms with Gasteiger partial charge in [-0.1, -0.05) is 35.9 Å². The van der Waals surface area contributed by atoms with Gasteiger partial charge in [-0.15, -0.1) is 0 Å². The topological polar surface area (TPSA) is 88.4 Å². The highest BCUT2D eigenvalue weighted by atomic mass is 19.1. The molecule has 2 amide bonds. The average molecular weight is 441 g/mol. The number of aromatic nitrogens is 2. The van der Waals surface area contributed by atoms with Crippen molar-refractivity contribution in [1.82, 2.24) is 15.2 Å². The molecule has 1 heterocycles. The average Bonchev–Trinajstić information content (AvgIpc) is 3.25. The van der Waals surface area contributed by atoms with E-state index in [-0.39, 0.29) is 5.82 Å². The normalized spacial score (nSPS) is 10.8. The summed E-state index contributed by atoms with van der Waals surface area (Å²) in [5.41, 5.74) is 6.38. The van der Waals surface area contributed by atoms with Crippen LogP contribution in [-0.2, 0) is 9.59 Å². The number of amides is 2. The second kappa shape index (κ2) is 9.69. The van der Waals surface area contributed by atoms with Crippen LogP contribution >= 0.6 is 0 Å². The molecule has 0 spiro atoms. The molecule has 0 aliphatic heterocycles. The SMILES string of the molecule is Cc1ccc(NC(=O)C(=O)N/N=C\c2cn(-c3ccccc3)nc2-c2ccc(F)cc2)cc1. The van der Waals surface area contributed by atoms with Crippen LogP contribution < -0.4 is 10.7 Å². The van der Waals surface area contributed by atoms with E-state index >= 15 is 0 Å². The quantitative estimate of drug-likeness (QED) is 0.278. The molecule has 164 valence electrons. The Morgan fingerprint density at radius 3 is 2.33 bits per heavy atom. The number of rotatable bonds is 5.